The van der Waals surface area contributed by atoms with Crippen molar-refractivity contribution in [3.05, 3.63) is 109 Å². The van der Waals surface area contributed by atoms with Crippen LogP contribution in [0.2, 0.25) is 0 Å². The molecule has 0 unspecified atom stereocenters. The van der Waals surface area contributed by atoms with Crippen LogP contribution in [-0.4, -0.2) is 24.3 Å². The second-order valence-corrected chi connectivity index (χ2v) is 8.23. The van der Waals surface area contributed by atoms with Crippen molar-refractivity contribution in [2.24, 2.45) is 7.05 Å². The van der Waals surface area contributed by atoms with E-state index >= 15 is 0 Å². The third-order valence-corrected chi connectivity index (χ3v) is 6.24. The second-order valence-electron chi connectivity index (χ2n) is 8.23. The van der Waals surface area contributed by atoms with Gasteiger partial charge < -0.3 is 4.57 Å². The first kappa shape index (κ1) is 22.9. The molecule has 2 heterocycles. The minimum absolute atomic E-state index is 0. The summed E-state index contributed by atoms with van der Waals surface area (Å²) in [4.78, 5) is 9.41. The molecule has 0 aliphatic rings. The van der Waals surface area contributed by atoms with E-state index in [1.807, 2.05) is 42.9 Å². The Morgan fingerprint density at radius 2 is 1.40 bits per heavy atom. The molecule has 35 heavy (non-hydrogen) atoms. The van der Waals surface area contributed by atoms with Crippen molar-refractivity contribution in [1.82, 2.24) is 24.3 Å². The minimum Gasteiger partial charge on any atom is -0.371 e. The Kier molecular flexibility index (Phi) is 6.16. The van der Waals surface area contributed by atoms with Gasteiger partial charge in [-0.3, -0.25) is 14.6 Å². The Hall–Kier alpha value is -3.86. The predicted octanol–water partition coefficient (Wildman–Crippen LogP) is 6.26. The summed E-state index contributed by atoms with van der Waals surface area (Å²) >= 11 is 0. The summed E-state index contributed by atoms with van der Waals surface area (Å²) in [5.41, 5.74) is 8.18. The molecule has 0 saturated carbocycles. The Morgan fingerprint density at radius 3 is 2.03 bits per heavy atom. The fraction of sp³-hybridized carbons (Fsp3) is 0.0690. The average Bonchev–Trinajstić information content (AvgIpc) is 3.49. The summed E-state index contributed by atoms with van der Waals surface area (Å²) in [6.07, 6.45) is 1.61. The van der Waals surface area contributed by atoms with Gasteiger partial charge in [0.2, 0.25) is 0 Å². The minimum atomic E-state index is 0. The number of aryl methyl sites for hydroxylation is 2. The van der Waals surface area contributed by atoms with Crippen molar-refractivity contribution >= 4 is 11.0 Å². The van der Waals surface area contributed by atoms with E-state index in [9.17, 15) is 0 Å². The van der Waals surface area contributed by atoms with Crippen LogP contribution in [0.3, 0.4) is 0 Å². The first-order valence-corrected chi connectivity index (χ1v) is 11.2. The van der Waals surface area contributed by atoms with Crippen molar-refractivity contribution < 1.29 is 20.1 Å². The molecule has 0 bridgehead atoms. The molecule has 5 nitrogen and oxygen atoms in total. The van der Waals surface area contributed by atoms with Crippen LogP contribution in [0.1, 0.15) is 5.82 Å². The van der Waals surface area contributed by atoms with Crippen molar-refractivity contribution in [2.75, 3.05) is 0 Å². The van der Waals surface area contributed by atoms with Crippen LogP contribution in [-0.2, 0) is 27.2 Å². The standard InChI is InChI=1S/C29H22N5.Ir/c1-20-32-26-18-10-17-25(28(26)33(20)2)29-30-19-31-34(29)27-23(21-11-5-3-6-12-21)15-9-16-24(27)22-13-7-4-8-14-22;/h3-16,18-19H,1-2H3;/q-1;. The average molecular weight is 633 g/mol. The number of para-hydroxylation sites is 1. The molecule has 1 radical (unpaired) electrons. The van der Waals surface area contributed by atoms with Crippen molar-refractivity contribution in [3.8, 4) is 39.3 Å². The molecule has 0 spiro atoms. The number of benzene rings is 4. The van der Waals surface area contributed by atoms with Gasteiger partial charge in [0.05, 0.1) is 17.3 Å². The third-order valence-electron chi connectivity index (χ3n) is 6.24. The topological polar surface area (TPSA) is 48.5 Å². The van der Waals surface area contributed by atoms with E-state index < -0.39 is 0 Å². The molecule has 2 aromatic heterocycles. The smallest absolute Gasteiger partial charge is 0.127 e. The van der Waals surface area contributed by atoms with Crippen LogP contribution in [0, 0.1) is 13.0 Å². The van der Waals surface area contributed by atoms with Gasteiger partial charge in [0.15, 0.2) is 0 Å². The van der Waals surface area contributed by atoms with Gasteiger partial charge in [-0.25, -0.2) is 0 Å². The molecular weight excluding hydrogens is 611 g/mol. The van der Waals surface area contributed by atoms with Gasteiger partial charge in [-0.05, 0) is 23.6 Å². The van der Waals surface area contributed by atoms with Crippen LogP contribution >= 0.6 is 0 Å². The van der Waals surface area contributed by atoms with E-state index in [4.69, 9.17) is 15.1 Å². The SMILES string of the molecule is Cc1nc2cc[c-]c(-c3ncnn3-c3c(-c4ccccc4)cccc3-c3ccccc3)c2n1C.[Ir]. The fourth-order valence-electron chi connectivity index (χ4n) is 4.54. The van der Waals surface area contributed by atoms with Gasteiger partial charge in [0.25, 0.3) is 0 Å². The molecule has 6 heteroatoms. The zero-order chi connectivity index (χ0) is 23.1. The number of imidazole rings is 1. The van der Waals surface area contributed by atoms with Crippen LogP contribution in [0.15, 0.2) is 97.3 Å². The predicted molar refractivity (Wildman–Crippen MR) is 136 cm³/mol. The van der Waals surface area contributed by atoms with E-state index in [0.717, 1.165) is 56.2 Å². The number of rotatable bonds is 4. The fourth-order valence-corrected chi connectivity index (χ4v) is 4.54. The normalized spacial score (nSPS) is 10.9. The molecule has 0 fully saturated rings. The summed E-state index contributed by atoms with van der Waals surface area (Å²) in [6, 6.07) is 34.5. The molecule has 0 aliphatic carbocycles. The van der Waals surface area contributed by atoms with Gasteiger partial charge in [-0.2, -0.15) is 5.10 Å². The second kappa shape index (κ2) is 9.41. The monoisotopic (exact) mass is 633 g/mol. The summed E-state index contributed by atoms with van der Waals surface area (Å²) < 4.78 is 4.03. The Morgan fingerprint density at radius 1 is 0.771 bits per heavy atom. The zero-order valence-corrected chi connectivity index (χ0v) is 21.7. The van der Waals surface area contributed by atoms with Gasteiger partial charge in [-0.1, -0.05) is 84.4 Å². The van der Waals surface area contributed by atoms with Gasteiger partial charge in [0, 0.05) is 43.8 Å². The Labute approximate surface area is 217 Å². The molecule has 0 aliphatic heterocycles. The number of nitrogens with zero attached hydrogens (tertiary/aromatic N) is 5. The van der Waals surface area contributed by atoms with Gasteiger partial charge >= 0.3 is 0 Å². The first-order valence-electron chi connectivity index (χ1n) is 11.2. The van der Waals surface area contributed by atoms with E-state index in [2.05, 4.69) is 77.4 Å². The van der Waals surface area contributed by atoms with Crippen molar-refractivity contribution in [2.45, 2.75) is 6.92 Å². The maximum atomic E-state index is 4.73. The maximum Gasteiger partial charge on any atom is 0.127 e. The van der Waals surface area contributed by atoms with Gasteiger partial charge in [-0.15, -0.1) is 18.2 Å². The molecule has 0 saturated heterocycles. The maximum absolute atomic E-state index is 4.73. The molecule has 0 atom stereocenters. The van der Waals surface area contributed by atoms with Crippen LogP contribution in [0.25, 0.3) is 50.4 Å². The van der Waals surface area contributed by atoms with Crippen molar-refractivity contribution in [3.63, 3.8) is 0 Å². The molecule has 4 aromatic carbocycles. The van der Waals surface area contributed by atoms with E-state index in [-0.39, 0.29) is 20.1 Å². The van der Waals surface area contributed by atoms with Crippen LogP contribution in [0.5, 0.6) is 0 Å². The molecule has 0 N–H and O–H groups in total. The quantitative estimate of drug-likeness (QED) is 0.216. The van der Waals surface area contributed by atoms with Gasteiger partial charge in [0.1, 0.15) is 6.33 Å². The van der Waals surface area contributed by atoms with E-state index in [1.54, 1.807) is 6.33 Å². The van der Waals surface area contributed by atoms with Crippen molar-refractivity contribution in [1.29, 1.82) is 0 Å². The Balaban J connectivity index is 0.00000253. The van der Waals surface area contributed by atoms with Crippen LogP contribution in [0.4, 0.5) is 0 Å². The summed E-state index contributed by atoms with van der Waals surface area (Å²) in [5.74, 6) is 1.67. The Bertz CT molecular complexity index is 1560. The molecular formula is C29H22IrN5-. The molecule has 173 valence electrons. The third kappa shape index (κ3) is 3.91. The number of fused-ring (bicyclic) bond motifs is 1. The summed E-state index contributed by atoms with van der Waals surface area (Å²) in [7, 11) is 2.02. The number of aromatic nitrogens is 5. The van der Waals surface area contributed by atoms with E-state index in [0.29, 0.717) is 0 Å². The number of hydrogen-bond acceptors (Lipinski definition) is 3. The molecule has 6 rings (SSSR count). The summed E-state index contributed by atoms with van der Waals surface area (Å²) in [6.45, 7) is 2.01. The van der Waals surface area contributed by atoms with Crippen LogP contribution < -0.4 is 0 Å². The molecule has 6 aromatic rings. The summed E-state index contributed by atoms with van der Waals surface area (Å²) in [5, 5.41) is 4.73. The number of hydrogen-bond donors (Lipinski definition) is 0. The first-order chi connectivity index (χ1) is 16.7. The largest absolute Gasteiger partial charge is 0.371 e. The van der Waals surface area contributed by atoms with E-state index in [1.165, 1.54) is 0 Å². The zero-order valence-electron chi connectivity index (χ0n) is 19.3. The molecule has 0 amide bonds.